The van der Waals surface area contributed by atoms with Gasteiger partial charge < -0.3 is 15.2 Å². The van der Waals surface area contributed by atoms with E-state index in [0.717, 1.165) is 35.3 Å². The van der Waals surface area contributed by atoms with Crippen molar-refractivity contribution in [3.63, 3.8) is 0 Å². The average Bonchev–Trinajstić information content (AvgIpc) is 2.88. The normalized spacial score (nSPS) is 12.6. The third-order valence-corrected chi connectivity index (χ3v) is 4.80. The molecular weight excluding hydrogens is 370 g/mol. The molecule has 0 aromatic heterocycles. The highest BCUT2D eigenvalue weighted by atomic mass is 16.5. The molecule has 3 N–H and O–H groups in total. The molecule has 1 aliphatic rings. The molecule has 7 nitrogen and oxygen atoms in total. The van der Waals surface area contributed by atoms with Crippen LogP contribution >= 0.6 is 0 Å². The van der Waals surface area contributed by atoms with Gasteiger partial charge in [-0.05, 0) is 49.1 Å². The number of aliphatic hydroxyl groups excluding tert-OH is 1. The number of nitrogens with one attached hydrogen (secondary N) is 2. The first kappa shape index (κ1) is 20.8. The largest absolute Gasteiger partial charge is 0.450 e. The van der Waals surface area contributed by atoms with E-state index < -0.39 is 6.09 Å². The second kappa shape index (κ2) is 10.0. The van der Waals surface area contributed by atoms with Crippen LogP contribution in [-0.2, 0) is 22.4 Å². The first-order valence-electron chi connectivity index (χ1n) is 9.93. The fraction of sp³-hybridized carbons (Fsp3) is 0.364. The summed E-state index contributed by atoms with van der Waals surface area (Å²) in [6.45, 7) is 3.00. The van der Waals surface area contributed by atoms with Gasteiger partial charge in [0.05, 0.1) is 24.6 Å². The highest BCUT2D eigenvalue weighted by Crippen LogP contribution is 2.38. The summed E-state index contributed by atoms with van der Waals surface area (Å²) in [5.41, 5.74) is 4.38. The molecule has 1 aliphatic heterocycles. The molecule has 0 atom stereocenters. The van der Waals surface area contributed by atoms with Crippen LogP contribution in [0.15, 0.2) is 42.5 Å². The lowest BCUT2D eigenvalue weighted by Crippen LogP contribution is -2.31. The number of anilines is 3. The Bertz CT molecular complexity index is 869. The smallest absolute Gasteiger partial charge is 0.411 e. The lowest BCUT2D eigenvalue weighted by Gasteiger charge is -2.26. The molecule has 0 unspecified atom stereocenters. The minimum atomic E-state index is -0.521. The monoisotopic (exact) mass is 397 g/mol. The average molecular weight is 397 g/mol. The van der Waals surface area contributed by atoms with Crippen LogP contribution in [0.4, 0.5) is 21.9 Å². The van der Waals surface area contributed by atoms with Crippen molar-refractivity contribution in [2.24, 2.45) is 0 Å². The Morgan fingerprint density at radius 1 is 1.07 bits per heavy atom. The van der Waals surface area contributed by atoms with Gasteiger partial charge >= 0.3 is 6.09 Å². The van der Waals surface area contributed by atoms with Gasteiger partial charge in [0.1, 0.15) is 0 Å². The third kappa shape index (κ3) is 5.13. The molecule has 7 heteroatoms. The van der Waals surface area contributed by atoms with Gasteiger partial charge in [-0.25, -0.2) is 4.79 Å². The summed E-state index contributed by atoms with van der Waals surface area (Å²) >= 11 is 0. The molecule has 1 heterocycles. The van der Waals surface area contributed by atoms with Crippen LogP contribution in [0, 0.1) is 0 Å². The van der Waals surface area contributed by atoms with Gasteiger partial charge in [0.2, 0.25) is 5.91 Å². The molecule has 2 aromatic rings. The van der Waals surface area contributed by atoms with Crippen LogP contribution in [0.1, 0.15) is 24.5 Å². The van der Waals surface area contributed by atoms with E-state index in [2.05, 4.69) is 10.6 Å². The van der Waals surface area contributed by atoms with E-state index in [9.17, 15) is 9.59 Å². The SMILES string of the molecule is CCOC(=O)Nc1ccc2c(c1)N(C(=O)CCNCCO)c1ccccc1CC2. The zero-order chi connectivity index (χ0) is 20.6. The molecule has 0 saturated heterocycles. The first-order chi connectivity index (χ1) is 14.1. The summed E-state index contributed by atoms with van der Waals surface area (Å²) in [7, 11) is 0. The van der Waals surface area contributed by atoms with Crippen molar-refractivity contribution < 1.29 is 19.4 Å². The third-order valence-electron chi connectivity index (χ3n) is 4.80. The number of carbonyl (C=O) groups excluding carboxylic acids is 2. The maximum atomic E-state index is 13.2. The number of hydrogen-bond donors (Lipinski definition) is 3. The molecule has 0 bridgehead atoms. The van der Waals surface area contributed by atoms with E-state index in [1.54, 1.807) is 11.8 Å². The molecule has 154 valence electrons. The fourth-order valence-corrected chi connectivity index (χ4v) is 3.47. The summed E-state index contributed by atoms with van der Waals surface area (Å²) in [6.07, 6.45) is 1.41. The van der Waals surface area contributed by atoms with Crippen LogP contribution in [0.5, 0.6) is 0 Å². The van der Waals surface area contributed by atoms with Gasteiger partial charge in [-0.1, -0.05) is 24.3 Å². The fourth-order valence-electron chi connectivity index (χ4n) is 3.47. The zero-order valence-corrected chi connectivity index (χ0v) is 16.6. The maximum absolute atomic E-state index is 13.2. The zero-order valence-electron chi connectivity index (χ0n) is 16.6. The highest BCUT2D eigenvalue weighted by molar-refractivity contribution is 6.03. The highest BCUT2D eigenvalue weighted by Gasteiger charge is 2.26. The van der Waals surface area contributed by atoms with Crippen LogP contribution < -0.4 is 15.5 Å². The predicted molar refractivity (Wildman–Crippen MR) is 113 cm³/mol. The maximum Gasteiger partial charge on any atom is 0.411 e. The number of aryl methyl sites for hydroxylation is 2. The van der Waals surface area contributed by atoms with Crippen LogP contribution in [-0.4, -0.2) is 43.4 Å². The number of fused-ring (bicyclic) bond motifs is 2. The van der Waals surface area contributed by atoms with Crippen molar-refractivity contribution in [2.75, 3.05) is 36.5 Å². The van der Waals surface area contributed by atoms with Crippen LogP contribution in [0.3, 0.4) is 0 Å². The minimum absolute atomic E-state index is 0.0342. The van der Waals surface area contributed by atoms with Crippen molar-refractivity contribution in [3.8, 4) is 0 Å². The molecule has 2 aromatic carbocycles. The Morgan fingerprint density at radius 3 is 2.59 bits per heavy atom. The second-order valence-electron chi connectivity index (χ2n) is 6.77. The first-order valence-corrected chi connectivity index (χ1v) is 9.93. The van der Waals surface area contributed by atoms with Gasteiger partial charge in [-0.3, -0.25) is 15.0 Å². The summed E-state index contributed by atoms with van der Waals surface area (Å²) < 4.78 is 4.96. The molecule has 0 fully saturated rings. The number of hydrogen-bond acceptors (Lipinski definition) is 5. The number of aliphatic hydroxyl groups is 1. The molecule has 0 saturated carbocycles. The summed E-state index contributed by atoms with van der Waals surface area (Å²) in [5.74, 6) is -0.0423. The molecule has 0 spiro atoms. The number of rotatable bonds is 7. The van der Waals surface area contributed by atoms with Gasteiger partial charge in [0.15, 0.2) is 0 Å². The lowest BCUT2D eigenvalue weighted by molar-refractivity contribution is -0.117. The standard InChI is InChI=1S/C22H27N3O4/c1-2-29-22(28)24-18-10-9-17-8-7-16-5-3-4-6-19(16)25(20(17)15-18)21(27)11-12-23-13-14-26/h3-6,9-10,15,23,26H,2,7-8,11-14H2,1H3,(H,24,28). The van der Waals surface area contributed by atoms with Gasteiger partial charge in [0, 0.05) is 25.2 Å². The van der Waals surface area contributed by atoms with Crippen molar-refractivity contribution in [1.29, 1.82) is 0 Å². The van der Waals surface area contributed by atoms with Crippen LogP contribution in [0.2, 0.25) is 0 Å². The molecule has 0 radical (unpaired) electrons. The van der Waals surface area contributed by atoms with E-state index in [0.29, 0.717) is 25.2 Å². The Labute approximate surface area is 170 Å². The molecule has 2 amide bonds. The van der Waals surface area contributed by atoms with E-state index in [4.69, 9.17) is 9.84 Å². The Balaban J connectivity index is 1.94. The van der Waals surface area contributed by atoms with Gasteiger partial charge in [-0.15, -0.1) is 0 Å². The lowest BCUT2D eigenvalue weighted by atomic mass is 10.0. The van der Waals surface area contributed by atoms with Gasteiger partial charge in [-0.2, -0.15) is 0 Å². The van der Waals surface area contributed by atoms with Crippen LogP contribution in [0.25, 0.3) is 0 Å². The molecular formula is C22H27N3O4. The minimum Gasteiger partial charge on any atom is -0.450 e. The number of benzene rings is 2. The van der Waals surface area contributed by atoms with Crippen molar-refractivity contribution in [2.45, 2.75) is 26.2 Å². The summed E-state index contributed by atoms with van der Waals surface area (Å²) in [6, 6.07) is 13.5. The Kier molecular flexibility index (Phi) is 7.21. The van der Waals surface area contributed by atoms with E-state index in [1.165, 1.54) is 0 Å². The Morgan fingerprint density at radius 2 is 1.83 bits per heavy atom. The van der Waals surface area contributed by atoms with E-state index in [-0.39, 0.29) is 19.1 Å². The summed E-state index contributed by atoms with van der Waals surface area (Å²) in [5, 5.41) is 14.7. The van der Waals surface area contributed by atoms with Crippen molar-refractivity contribution in [1.82, 2.24) is 5.32 Å². The number of amides is 2. The van der Waals surface area contributed by atoms with E-state index in [1.807, 2.05) is 42.5 Å². The summed E-state index contributed by atoms with van der Waals surface area (Å²) in [4.78, 5) is 26.8. The topological polar surface area (TPSA) is 90.9 Å². The molecule has 29 heavy (non-hydrogen) atoms. The second-order valence-corrected chi connectivity index (χ2v) is 6.77. The predicted octanol–water partition coefficient (Wildman–Crippen LogP) is 2.99. The number of ether oxygens (including phenoxy) is 1. The quantitative estimate of drug-likeness (QED) is 0.625. The number of para-hydroxylation sites is 1. The number of nitrogens with zero attached hydrogens (tertiary/aromatic N) is 1. The molecule has 3 rings (SSSR count). The Hall–Kier alpha value is -2.90. The van der Waals surface area contributed by atoms with Crippen molar-refractivity contribution in [3.05, 3.63) is 53.6 Å². The van der Waals surface area contributed by atoms with Crippen molar-refractivity contribution >= 4 is 29.1 Å². The van der Waals surface area contributed by atoms with E-state index >= 15 is 0 Å². The number of carbonyl (C=O) groups is 2. The van der Waals surface area contributed by atoms with Gasteiger partial charge in [0.25, 0.3) is 0 Å². The molecule has 0 aliphatic carbocycles.